The van der Waals surface area contributed by atoms with Gasteiger partial charge in [0, 0.05) is 51.0 Å². The first-order valence-electron chi connectivity index (χ1n) is 10.4. The number of fused-ring (bicyclic) bond motifs is 1. The molecule has 0 saturated carbocycles. The maximum absolute atomic E-state index is 13.3. The summed E-state index contributed by atoms with van der Waals surface area (Å²) < 4.78 is 37.8. The first-order chi connectivity index (χ1) is 14.9. The molecule has 0 atom stereocenters. The third-order valence-corrected chi connectivity index (χ3v) is 7.25. The summed E-state index contributed by atoms with van der Waals surface area (Å²) in [4.78, 5) is 15.5. The second-order valence-corrected chi connectivity index (χ2v) is 9.98. The Morgan fingerprint density at radius 2 is 1.68 bits per heavy atom. The zero-order valence-electron chi connectivity index (χ0n) is 17.8. The lowest BCUT2D eigenvalue weighted by molar-refractivity contribution is 0.102. The van der Waals surface area contributed by atoms with Crippen LogP contribution in [0.5, 0.6) is 11.5 Å². The lowest BCUT2D eigenvalue weighted by Crippen LogP contribution is -2.25. The number of hydrogen-bond acceptors (Lipinski definition) is 6. The third-order valence-electron chi connectivity index (χ3n) is 5.44. The zero-order valence-corrected chi connectivity index (χ0v) is 18.6. The van der Waals surface area contributed by atoms with Crippen LogP contribution in [-0.4, -0.2) is 59.0 Å². The number of hydrogen-bond donors (Lipinski definition) is 1. The van der Waals surface area contributed by atoms with Gasteiger partial charge >= 0.3 is 0 Å². The molecule has 0 radical (unpaired) electrons. The molecule has 166 valence electrons. The van der Waals surface area contributed by atoms with Crippen LogP contribution in [0.1, 0.15) is 29.6 Å². The van der Waals surface area contributed by atoms with Gasteiger partial charge in [-0.1, -0.05) is 0 Å². The summed E-state index contributed by atoms with van der Waals surface area (Å²) in [6, 6.07) is 10.00. The minimum Gasteiger partial charge on any atom is -0.490 e. The van der Waals surface area contributed by atoms with Crippen LogP contribution in [0, 0.1) is 0 Å². The monoisotopic (exact) mass is 445 g/mol. The van der Waals surface area contributed by atoms with Crippen molar-refractivity contribution in [3.05, 3.63) is 42.0 Å². The Morgan fingerprint density at radius 1 is 0.968 bits per heavy atom. The summed E-state index contributed by atoms with van der Waals surface area (Å²) in [5.74, 6) is 0.860. The van der Waals surface area contributed by atoms with E-state index in [1.165, 1.54) is 20.2 Å². The maximum Gasteiger partial charge on any atom is 0.257 e. The van der Waals surface area contributed by atoms with Crippen molar-refractivity contribution in [2.24, 2.45) is 0 Å². The number of carbonyl (C=O) groups excluding carboxylic acids is 1. The Balaban J connectivity index is 1.67. The van der Waals surface area contributed by atoms with Crippen molar-refractivity contribution in [3.8, 4) is 11.5 Å². The molecular weight excluding hydrogens is 418 g/mol. The van der Waals surface area contributed by atoms with E-state index in [4.69, 9.17) is 9.47 Å². The van der Waals surface area contributed by atoms with Gasteiger partial charge < -0.3 is 19.7 Å². The number of ether oxygens (including phenoxy) is 2. The summed E-state index contributed by atoms with van der Waals surface area (Å²) in [7, 11) is -0.717. The first kappa shape index (κ1) is 21.5. The van der Waals surface area contributed by atoms with Crippen molar-refractivity contribution in [2.45, 2.75) is 24.2 Å². The van der Waals surface area contributed by atoms with Gasteiger partial charge in [-0.2, -0.15) is 0 Å². The summed E-state index contributed by atoms with van der Waals surface area (Å²) >= 11 is 0. The molecule has 0 aliphatic carbocycles. The molecule has 2 aliphatic rings. The fourth-order valence-electron chi connectivity index (χ4n) is 3.74. The van der Waals surface area contributed by atoms with E-state index in [1.54, 1.807) is 30.3 Å². The van der Waals surface area contributed by atoms with Crippen molar-refractivity contribution in [3.63, 3.8) is 0 Å². The normalized spacial score (nSPS) is 16.3. The lowest BCUT2D eigenvalue weighted by atomic mass is 10.1. The second-order valence-electron chi connectivity index (χ2n) is 7.83. The molecule has 31 heavy (non-hydrogen) atoms. The molecule has 2 aromatic rings. The number of nitrogens with one attached hydrogen (secondary N) is 1. The molecule has 0 bridgehead atoms. The predicted molar refractivity (Wildman–Crippen MR) is 119 cm³/mol. The number of amides is 1. The number of benzene rings is 2. The SMILES string of the molecule is CN(C)S(=O)(=O)c1ccc(N2CCCC2)c(C(=O)Nc2ccc3c(c2)OCCCO3)c1. The second kappa shape index (κ2) is 8.76. The quantitative estimate of drug-likeness (QED) is 0.761. The molecule has 1 saturated heterocycles. The minimum absolute atomic E-state index is 0.0873. The molecule has 0 aromatic heterocycles. The van der Waals surface area contributed by atoms with E-state index in [0.29, 0.717) is 36.0 Å². The van der Waals surface area contributed by atoms with Gasteiger partial charge in [-0.05, 0) is 43.2 Å². The smallest absolute Gasteiger partial charge is 0.257 e. The fraction of sp³-hybridized carbons (Fsp3) is 0.409. The van der Waals surface area contributed by atoms with Crippen LogP contribution in [0.4, 0.5) is 11.4 Å². The Kier molecular flexibility index (Phi) is 6.06. The molecule has 9 heteroatoms. The van der Waals surface area contributed by atoms with E-state index in [1.807, 2.05) is 0 Å². The van der Waals surface area contributed by atoms with Crippen molar-refractivity contribution in [2.75, 3.05) is 50.6 Å². The highest BCUT2D eigenvalue weighted by molar-refractivity contribution is 7.89. The number of rotatable bonds is 5. The Labute approximate surface area is 182 Å². The van der Waals surface area contributed by atoms with Crippen LogP contribution in [0.3, 0.4) is 0 Å². The molecule has 2 aromatic carbocycles. The number of carbonyl (C=O) groups is 1. The lowest BCUT2D eigenvalue weighted by Gasteiger charge is -2.22. The maximum atomic E-state index is 13.3. The minimum atomic E-state index is -3.66. The molecule has 1 N–H and O–H groups in total. The molecule has 1 amide bonds. The predicted octanol–water partition coefficient (Wildman–Crippen LogP) is 2.95. The van der Waals surface area contributed by atoms with Crippen LogP contribution in [0.25, 0.3) is 0 Å². The first-order valence-corrected chi connectivity index (χ1v) is 11.8. The van der Waals surface area contributed by atoms with E-state index in [-0.39, 0.29) is 10.8 Å². The zero-order chi connectivity index (χ0) is 22.0. The Hall–Kier alpha value is -2.78. The van der Waals surface area contributed by atoms with Gasteiger partial charge in [0.15, 0.2) is 11.5 Å². The van der Waals surface area contributed by atoms with Crippen LogP contribution in [0.15, 0.2) is 41.3 Å². The largest absolute Gasteiger partial charge is 0.490 e. The van der Waals surface area contributed by atoms with E-state index in [0.717, 1.165) is 42.3 Å². The highest BCUT2D eigenvalue weighted by atomic mass is 32.2. The topological polar surface area (TPSA) is 88.2 Å². The van der Waals surface area contributed by atoms with Crippen molar-refractivity contribution >= 4 is 27.3 Å². The van der Waals surface area contributed by atoms with Gasteiger partial charge in [-0.25, -0.2) is 12.7 Å². The van der Waals surface area contributed by atoms with Gasteiger partial charge in [0.25, 0.3) is 5.91 Å². The molecule has 8 nitrogen and oxygen atoms in total. The van der Waals surface area contributed by atoms with Gasteiger partial charge in [-0.15, -0.1) is 0 Å². The van der Waals surface area contributed by atoms with Crippen molar-refractivity contribution in [1.82, 2.24) is 4.31 Å². The van der Waals surface area contributed by atoms with Crippen molar-refractivity contribution < 1.29 is 22.7 Å². The third kappa shape index (κ3) is 4.47. The number of nitrogens with zero attached hydrogens (tertiary/aromatic N) is 2. The highest BCUT2D eigenvalue weighted by Gasteiger charge is 2.25. The van der Waals surface area contributed by atoms with Crippen LogP contribution in [-0.2, 0) is 10.0 Å². The van der Waals surface area contributed by atoms with E-state index in [9.17, 15) is 13.2 Å². The molecule has 1 fully saturated rings. The summed E-state index contributed by atoms with van der Waals surface area (Å²) in [6.45, 7) is 2.81. The average Bonchev–Trinajstić information content (AvgIpc) is 3.19. The Morgan fingerprint density at radius 3 is 2.39 bits per heavy atom. The molecule has 0 unspecified atom stereocenters. The highest BCUT2D eigenvalue weighted by Crippen LogP contribution is 2.33. The molecule has 4 rings (SSSR count). The number of sulfonamides is 1. The van der Waals surface area contributed by atoms with Crippen molar-refractivity contribution in [1.29, 1.82) is 0 Å². The summed E-state index contributed by atoms with van der Waals surface area (Å²) in [5, 5.41) is 2.89. The molecule has 2 aliphatic heterocycles. The average molecular weight is 446 g/mol. The van der Waals surface area contributed by atoms with E-state index < -0.39 is 10.0 Å². The summed E-state index contributed by atoms with van der Waals surface area (Å²) in [6.07, 6.45) is 2.88. The molecular formula is C22H27N3O5S. The van der Waals surface area contributed by atoms with Gasteiger partial charge in [0.1, 0.15) is 0 Å². The van der Waals surface area contributed by atoms with E-state index in [2.05, 4.69) is 10.2 Å². The van der Waals surface area contributed by atoms with Gasteiger partial charge in [0.2, 0.25) is 10.0 Å². The summed E-state index contributed by atoms with van der Waals surface area (Å²) in [5.41, 5.74) is 1.63. The van der Waals surface area contributed by atoms with Crippen LogP contribution >= 0.6 is 0 Å². The van der Waals surface area contributed by atoms with Crippen LogP contribution < -0.4 is 19.7 Å². The van der Waals surface area contributed by atoms with E-state index >= 15 is 0 Å². The standard InChI is InChI=1S/C22H27N3O5S/c1-24(2)31(27,28)17-7-8-19(25-10-3-4-11-25)18(15-17)22(26)23-16-6-9-20-21(14-16)30-13-5-12-29-20/h6-9,14-15H,3-5,10-13H2,1-2H3,(H,23,26). The van der Waals surface area contributed by atoms with Gasteiger partial charge in [0.05, 0.1) is 23.7 Å². The Bertz CT molecular complexity index is 1080. The van der Waals surface area contributed by atoms with Crippen LogP contribution in [0.2, 0.25) is 0 Å². The van der Waals surface area contributed by atoms with Gasteiger partial charge in [-0.3, -0.25) is 4.79 Å². The molecule has 0 spiro atoms. The number of anilines is 2. The molecule has 2 heterocycles. The fourth-order valence-corrected chi connectivity index (χ4v) is 4.67.